The Morgan fingerprint density at radius 2 is 1.83 bits per heavy atom. The van der Waals surface area contributed by atoms with Gasteiger partial charge in [0.2, 0.25) is 0 Å². The summed E-state index contributed by atoms with van der Waals surface area (Å²) in [5, 5.41) is 2.02. The van der Waals surface area contributed by atoms with Crippen LogP contribution in [0.4, 0.5) is 0 Å². The maximum atomic E-state index is 12.4. The molecule has 0 fully saturated rings. The quantitative estimate of drug-likeness (QED) is 0.733. The fourth-order valence-electron chi connectivity index (χ4n) is 3.31. The normalized spacial score (nSPS) is 14.5. The highest BCUT2D eigenvalue weighted by molar-refractivity contribution is 6.36. The van der Waals surface area contributed by atoms with E-state index in [1.54, 1.807) is 7.11 Å². The van der Waals surface area contributed by atoms with Crippen LogP contribution in [-0.2, 0) is 9.59 Å². The summed E-state index contributed by atoms with van der Waals surface area (Å²) >= 11 is 0. The number of aromatic amines is 1. The predicted octanol–water partition coefficient (Wildman–Crippen LogP) is 3.73. The molecule has 0 saturated carbocycles. The summed E-state index contributed by atoms with van der Waals surface area (Å²) in [7, 11) is 1.61. The first kappa shape index (κ1) is 14.5. The second-order valence-electron chi connectivity index (χ2n) is 5.83. The second-order valence-corrected chi connectivity index (χ2v) is 5.83. The molecular weight excluding hydrogens is 302 g/mol. The molecule has 2 aromatic carbocycles. The zero-order valence-corrected chi connectivity index (χ0v) is 13.3. The van der Waals surface area contributed by atoms with E-state index < -0.39 is 0 Å². The molecule has 1 N–H and O–H groups in total. The van der Waals surface area contributed by atoms with Crippen LogP contribution >= 0.6 is 0 Å². The highest BCUT2D eigenvalue weighted by Crippen LogP contribution is 2.38. The number of carbonyl (C=O) groups is 2. The van der Waals surface area contributed by atoms with Gasteiger partial charge < -0.3 is 9.72 Å². The lowest BCUT2D eigenvalue weighted by molar-refractivity contribution is -0.113. The standard InChI is InChI=1S/C20H15NO3/c1-11-18(24-2)10-14-13-5-3-4-6-16(13)21-20(14)19(11)15-9-12(22)7-8-17(15)23/h3-10,21H,1-2H3. The van der Waals surface area contributed by atoms with Crippen molar-refractivity contribution in [3.8, 4) is 5.75 Å². The van der Waals surface area contributed by atoms with Gasteiger partial charge in [0.05, 0.1) is 12.6 Å². The van der Waals surface area contributed by atoms with E-state index in [0.29, 0.717) is 11.3 Å². The third kappa shape index (κ3) is 2.00. The van der Waals surface area contributed by atoms with Crippen molar-refractivity contribution < 1.29 is 14.3 Å². The average Bonchev–Trinajstić information content (AvgIpc) is 2.95. The molecule has 0 spiro atoms. The van der Waals surface area contributed by atoms with E-state index in [1.807, 2.05) is 37.3 Å². The van der Waals surface area contributed by atoms with Gasteiger partial charge >= 0.3 is 0 Å². The third-order valence-electron chi connectivity index (χ3n) is 4.46. The highest BCUT2D eigenvalue weighted by Gasteiger charge is 2.23. The molecule has 3 aromatic rings. The van der Waals surface area contributed by atoms with Crippen molar-refractivity contribution in [2.24, 2.45) is 0 Å². The van der Waals surface area contributed by atoms with Gasteiger partial charge in [-0.1, -0.05) is 18.2 Å². The summed E-state index contributed by atoms with van der Waals surface area (Å²) in [6.07, 6.45) is 4.02. The lowest BCUT2D eigenvalue weighted by Crippen LogP contribution is -2.09. The number of carbonyl (C=O) groups excluding carboxylic acids is 2. The molecule has 1 heterocycles. The molecule has 1 aliphatic rings. The molecule has 1 aliphatic carbocycles. The van der Waals surface area contributed by atoms with Gasteiger partial charge in [-0.3, -0.25) is 9.59 Å². The smallest absolute Gasteiger partial charge is 0.186 e. The van der Waals surface area contributed by atoms with Gasteiger partial charge in [-0.25, -0.2) is 0 Å². The minimum Gasteiger partial charge on any atom is -0.496 e. The molecule has 24 heavy (non-hydrogen) atoms. The minimum atomic E-state index is -0.184. The number of nitrogens with one attached hydrogen (secondary N) is 1. The van der Waals surface area contributed by atoms with E-state index in [1.165, 1.54) is 18.2 Å². The van der Waals surface area contributed by atoms with E-state index >= 15 is 0 Å². The zero-order chi connectivity index (χ0) is 16.8. The average molecular weight is 317 g/mol. The number of H-pyrrole nitrogens is 1. The Labute approximate surface area is 138 Å². The summed E-state index contributed by atoms with van der Waals surface area (Å²) in [6.45, 7) is 1.90. The van der Waals surface area contributed by atoms with E-state index in [4.69, 9.17) is 4.74 Å². The van der Waals surface area contributed by atoms with Crippen LogP contribution in [0.2, 0.25) is 0 Å². The topological polar surface area (TPSA) is 59.2 Å². The molecule has 0 aliphatic heterocycles. The van der Waals surface area contributed by atoms with Crippen molar-refractivity contribution in [2.75, 3.05) is 7.11 Å². The van der Waals surface area contributed by atoms with E-state index in [2.05, 4.69) is 4.98 Å². The summed E-state index contributed by atoms with van der Waals surface area (Å²) in [6, 6.07) is 9.91. The number of aromatic nitrogens is 1. The maximum Gasteiger partial charge on any atom is 0.186 e. The van der Waals surface area contributed by atoms with E-state index in [0.717, 1.165) is 32.9 Å². The Bertz CT molecular complexity index is 1080. The van der Waals surface area contributed by atoms with Crippen LogP contribution in [0.15, 0.2) is 48.6 Å². The Morgan fingerprint density at radius 3 is 2.62 bits per heavy atom. The van der Waals surface area contributed by atoms with Crippen molar-refractivity contribution >= 4 is 38.9 Å². The first-order chi connectivity index (χ1) is 11.6. The number of fused-ring (bicyclic) bond motifs is 3. The molecule has 0 atom stereocenters. The number of methoxy groups -OCH3 is 1. The van der Waals surface area contributed by atoms with Gasteiger partial charge in [0.15, 0.2) is 11.6 Å². The minimum absolute atomic E-state index is 0.175. The van der Waals surface area contributed by atoms with Gasteiger partial charge in [-0.05, 0) is 37.3 Å². The fourth-order valence-corrected chi connectivity index (χ4v) is 3.31. The number of hydrogen-bond donors (Lipinski definition) is 1. The summed E-state index contributed by atoms with van der Waals surface area (Å²) in [5.41, 5.74) is 3.78. The Hall–Kier alpha value is -3.14. The van der Waals surface area contributed by atoms with Crippen molar-refractivity contribution in [1.29, 1.82) is 0 Å². The van der Waals surface area contributed by atoms with E-state index in [9.17, 15) is 9.59 Å². The molecule has 0 saturated heterocycles. The molecule has 118 valence electrons. The number of ketones is 2. The molecule has 0 unspecified atom stereocenters. The number of hydrogen-bond acceptors (Lipinski definition) is 3. The lowest BCUT2D eigenvalue weighted by Gasteiger charge is -2.15. The van der Waals surface area contributed by atoms with Crippen LogP contribution < -0.4 is 4.74 Å². The fraction of sp³-hybridized carbons (Fsp3) is 0.100. The van der Waals surface area contributed by atoms with Gasteiger partial charge in [-0.15, -0.1) is 0 Å². The molecule has 4 heteroatoms. The van der Waals surface area contributed by atoms with Crippen molar-refractivity contribution in [3.63, 3.8) is 0 Å². The molecule has 1 aromatic heterocycles. The van der Waals surface area contributed by atoms with Crippen LogP contribution in [0.1, 0.15) is 11.1 Å². The molecule has 4 nitrogen and oxygen atoms in total. The monoisotopic (exact) mass is 317 g/mol. The molecule has 0 bridgehead atoms. The van der Waals surface area contributed by atoms with E-state index in [-0.39, 0.29) is 11.6 Å². The Kier molecular flexibility index (Phi) is 3.13. The molecular formula is C20H15NO3. The third-order valence-corrected chi connectivity index (χ3v) is 4.46. The number of allylic oxidation sites excluding steroid dienone is 4. The van der Waals surface area contributed by atoms with Gasteiger partial charge in [0.25, 0.3) is 0 Å². The second kappa shape index (κ2) is 5.20. The largest absolute Gasteiger partial charge is 0.496 e. The molecule has 0 amide bonds. The number of para-hydroxylation sites is 1. The zero-order valence-electron chi connectivity index (χ0n) is 13.3. The SMILES string of the molecule is COc1cc2c([nH]c3ccccc32)c(C2=CC(=O)C=CC2=O)c1C. The first-order valence-electron chi connectivity index (χ1n) is 7.66. The van der Waals surface area contributed by atoms with Gasteiger partial charge in [0.1, 0.15) is 5.75 Å². The summed E-state index contributed by atoms with van der Waals surface area (Å²) in [4.78, 5) is 27.6. The Morgan fingerprint density at radius 1 is 1.04 bits per heavy atom. The maximum absolute atomic E-state index is 12.4. The summed E-state index contributed by atoms with van der Waals surface area (Å²) in [5.74, 6) is 0.333. The van der Waals surface area contributed by atoms with Crippen molar-refractivity contribution in [2.45, 2.75) is 6.92 Å². The van der Waals surface area contributed by atoms with Crippen LogP contribution in [0, 0.1) is 6.92 Å². The van der Waals surface area contributed by atoms with Gasteiger partial charge in [0, 0.05) is 33.0 Å². The number of benzene rings is 2. The van der Waals surface area contributed by atoms with Gasteiger partial charge in [-0.2, -0.15) is 0 Å². The summed E-state index contributed by atoms with van der Waals surface area (Å²) < 4.78 is 5.51. The number of rotatable bonds is 2. The van der Waals surface area contributed by atoms with Crippen LogP contribution in [0.3, 0.4) is 0 Å². The van der Waals surface area contributed by atoms with Crippen LogP contribution in [0.5, 0.6) is 5.75 Å². The predicted molar refractivity (Wildman–Crippen MR) is 94.2 cm³/mol. The highest BCUT2D eigenvalue weighted by atomic mass is 16.5. The molecule has 0 radical (unpaired) electrons. The van der Waals surface area contributed by atoms with Crippen LogP contribution in [0.25, 0.3) is 27.4 Å². The first-order valence-corrected chi connectivity index (χ1v) is 7.66. The van der Waals surface area contributed by atoms with Crippen molar-refractivity contribution in [1.82, 2.24) is 4.98 Å². The molecule has 4 rings (SSSR count). The lowest BCUT2D eigenvalue weighted by atomic mass is 9.90. The van der Waals surface area contributed by atoms with Crippen LogP contribution in [-0.4, -0.2) is 23.7 Å². The number of ether oxygens (including phenoxy) is 1. The van der Waals surface area contributed by atoms with Crippen molar-refractivity contribution in [3.05, 3.63) is 59.7 Å². The Balaban J connectivity index is 2.15.